The van der Waals surface area contributed by atoms with Gasteiger partial charge >= 0.3 is 5.69 Å². The zero-order valence-corrected chi connectivity index (χ0v) is 12.5. The Kier molecular flexibility index (Phi) is 6.19. The van der Waals surface area contributed by atoms with Crippen LogP contribution in [0.3, 0.4) is 0 Å². The lowest BCUT2D eigenvalue weighted by molar-refractivity contribution is -0.387. The number of ether oxygens (including phenoxy) is 1. The van der Waals surface area contributed by atoms with E-state index in [-0.39, 0.29) is 18.0 Å². The van der Waals surface area contributed by atoms with Gasteiger partial charge in [-0.25, -0.2) is 13.1 Å². The topological polar surface area (TPSA) is 98.5 Å². The van der Waals surface area contributed by atoms with Crippen molar-refractivity contribution in [3.05, 3.63) is 34.1 Å². The van der Waals surface area contributed by atoms with Gasteiger partial charge in [0.1, 0.15) is 0 Å². The second-order valence-electron chi connectivity index (χ2n) is 4.74. The number of hydrogen-bond donors (Lipinski definition) is 1. The summed E-state index contributed by atoms with van der Waals surface area (Å²) in [6.07, 6.45) is 0. The summed E-state index contributed by atoms with van der Waals surface area (Å²) >= 11 is 0. The van der Waals surface area contributed by atoms with Crippen LogP contribution in [0.1, 0.15) is 13.8 Å². The molecular formula is C12H17FN2O5S. The van der Waals surface area contributed by atoms with Crippen molar-refractivity contribution < 1.29 is 22.5 Å². The highest BCUT2D eigenvalue weighted by Gasteiger charge is 2.20. The predicted octanol–water partition coefficient (Wildman–Crippen LogP) is 1.68. The molecule has 1 aromatic carbocycles. The average molecular weight is 320 g/mol. The first-order valence-corrected chi connectivity index (χ1v) is 7.73. The fourth-order valence-electron chi connectivity index (χ4n) is 1.45. The molecule has 1 N–H and O–H groups in total. The highest BCUT2D eigenvalue weighted by atomic mass is 32.2. The molecule has 1 aromatic rings. The van der Waals surface area contributed by atoms with Gasteiger partial charge < -0.3 is 4.74 Å². The lowest BCUT2D eigenvalue weighted by Crippen LogP contribution is -2.28. The molecule has 118 valence electrons. The number of nitro benzene ring substituents is 1. The Hall–Kier alpha value is -1.58. The van der Waals surface area contributed by atoms with Gasteiger partial charge in [0, 0.05) is 25.3 Å². The normalized spacial score (nSPS) is 11.8. The van der Waals surface area contributed by atoms with E-state index < -0.39 is 26.5 Å². The van der Waals surface area contributed by atoms with Crippen molar-refractivity contribution in [3.8, 4) is 0 Å². The first-order valence-electron chi connectivity index (χ1n) is 6.25. The predicted molar refractivity (Wildman–Crippen MR) is 73.9 cm³/mol. The molecule has 7 nitrogen and oxygen atoms in total. The van der Waals surface area contributed by atoms with Crippen molar-refractivity contribution in [2.24, 2.45) is 5.92 Å². The fourth-order valence-corrected chi connectivity index (χ4v) is 2.48. The van der Waals surface area contributed by atoms with Gasteiger partial charge in [0.2, 0.25) is 15.8 Å². The van der Waals surface area contributed by atoms with Crippen LogP contribution in [0.25, 0.3) is 0 Å². The monoisotopic (exact) mass is 320 g/mol. The molecule has 0 saturated heterocycles. The highest BCUT2D eigenvalue weighted by Crippen LogP contribution is 2.20. The van der Waals surface area contributed by atoms with Crippen molar-refractivity contribution in [2.75, 3.05) is 19.8 Å². The van der Waals surface area contributed by atoms with Crippen molar-refractivity contribution >= 4 is 15.7 Å². The number of rotatable bonds is 8. The van der Waals surface area contributed by atoms with Crippen LogP contribution in [-0.4, -0.2) is 33.1 Å². The molecule has 0 atom stereocenters. The first-order chi connectivity index (χ1) is 9.74. The summed E-state index contributed by atoms with van der Waals surface area (Å²) < 4.78 is 44.6. The van der Waals surface area contributed by atoms with Crippen LogP contribution >= 0.6 is 0 Å². The summed E-state index contributed by atoms with van der Waals surface area (Å²) in [5, 5.41) is 10.5. The van der Waals surface area contributed by atoms with Crippen LogP contribution in [-0.2, 0) is 14.8 Å². The summed E-state index contributed by atoms with van der Waals surface area (Å²) in [5.74, 6) is -0.857. The van der Waals surface area contributed by atoms with E-state index >= 15 is 0 Å². The van der Waals surface area contributed by atoms with E-state index in [1.54, 1.807) is 0 Å². The number of hydrogen-bond acceptors (Lipinski definition) is 5. The number of nitrogens with zero attached hydrogens (tertiary/aromatic N) is 1. The van der Waals surface area contributed by atoms with E-state index in [0.717, 1.165) is 12.1 Å². The largest absolute Gasteiger partial charge is 0.380 e. The summed E-state index contributed by atoms with van der Waals surface area (Å²) in [4.78, 5) is 9.18. The van der Waals surface area contributed by atoms with Crippen LogP contribution in [0, 0.1) is 21.8 Å². The second-order valence-corrected chi connectivity index (χ2v) is 6.50. The minimum Gasteiger partial charge on any atom is -0.380 e. The minimum absolute atomic E-state index is 0.0354. The van der Waals surface area contributed by atoms with Gasteiger partial charge in [0.15, 0.2) is 0 Å². The molecule has 0 unspecified atom stereocenters. The molecule has 9 heteroatoms. The Morgan fingerprint density at radius 2 is 2.10 bits per heavy atom. The number of halogens is 1. The van der Waals surface area contributed by atoms with Crippen LogP contribution in [0.5, 0.6) is 0 Å². The zero-order chi connectivity index (χ0) is 16.0. The number of sulfonamides is 1. The lowest BCUT2D eigenvalue weighted by atomic mass is 10.2. The molecule has 0 aromatic heterocycles. The second kappa shape index (κ2) is 7.43. The van der Waals surface area contributed by atoms with E-state index in [9.17, 15) is 22.9 Å². The molecule has 0 amide bonds. The Balaban J connectivity index is 2.66. The molecule has 0 fully saturated rings. The molecule has 0 radical (unpaired) electrons. The SMILES string of the molecule is CC(C)COCCNS(=O)(=O)c1ccc([N+](=O)[O-])c(F)c1. The third-order valence-corrected chi connectivity index (χ3v) is 3.87. The molecule has 1 rings (SSSR count). The number of benzene rings is 1. The Morgan fingerprint density at radius 3 is 2.62 bits per heavy atom. The zero-order valence-electron chi connectivity index (χ0n) is 11.7. The van der Waals surface area contributed by atoms with Gasteiger partial charge in [-0.2, -0.15) is 4.39 Å². The van der Waals surface area contributed by atoms with Crippen molar-refractivity contribution in [1.82, 2.24) is 4.72 Å². The average Bonchev–Trinajstić information content (AvgIpc) is 2.37. The summed E-state index contributed by atoms with van der Waals surface area (Å²) in [5.41, 5.74) is -0.769. The minimum atomic E-state index is -3.92. The maximum Gasteiger partial charge on any atom is 0.304 e. The highest BCUT2D eigenvalue weighted by molar-refractivity contribution is 7.89. The maximum atomic E-state index is 13.4. The molecule has 21 heavy (non-hydrogen) atoms. The van der Waals surface area contributed by atoms with E-state index in [0.29, 0.717) is 18.6 Å². The van der Waals surface area contributed by atoms with Gasteiger partial charge in [-0.15, -0.1) is 0 Å². The van der Waals surface area contributed by atoms with E-state index in [2.05, 4.69) is 4.72 Å². The van der Waals surface area contributed by atoms with Crippen LogP contribution in [0.15, 0.2) is 23.1 Å². The molecular weight excluding hydrogens is 303 g/mol. The summed E-state index contributed by atoms with van der Waals surface area (Å²) in [7, 11) is -3.92. The van der Waals surface area contributed by atoms with E-state index in [1.807, 2.05) is 13.8 Å². The van der Waals surface area contributed by atoms with E-state index in [1.165, 1.54) is 0 Å². The third kappa shape index (κ3) is 5.37. The molecule has 0 spiro atoms. The standard InChI is InChI=1S/C12H17FN2O5S/c1-9(2)8-20-6-5-14-21(18,19)10-3-4-12(15(16)17)11(13)7-10/h3-4,7,9,14H,5-6,8H2,1-2H3. The first kappa shape index (κ1) is 17.5. The van der Waals surface area contributed by atoms with Gasteiger partial charge in [-0.3, -0.25) is 10.1 Å². The smallest absolute Gasteiger partial charge is 0.304 e. The van der Waals surface area contributed by atoms with Gasteiger partial charge in [-0.1, -0.05) is 13.8 Å². The van der Waals surface area contributed by atoms with Crippen LogP contribution in [0.2, 0.25) is 0 Å². The van der Waals surface area contributed by atoms with Gasteiger partial charge in [-0.05, 0) is 12.0 Å². The summed E-state index contributed by atoms with van der Waals surface area (Å²) in [6.45, 7) is 4.65. The molecule has 0 aliphatic carbocycles. The Morgan fingerprint density at radius 1 is 1.43 bits per heavy atom. The quantitative estimate of drug-likeness (QED) is 0.446. The molecule has 0 saturated carbocycles. The van der Waals surface area contributed by atoms with Gasteiger partial charge in [0.25, 0.3) is 0 Å². The number of nitro groups is 1. The van der Waals surface area contributed by atoms with Crippen molar-refractivity contribution in [1.29, 1.82) is 0 Å². The molecule has 0 heterocycles. The molecule has 0 bridgehead atoms. The van der Waals surface area contributed by atoms with Gasteiger partial charge in [0.05, 0.1) is 16.4 Å². The summed E-state index contributed by atoms with van der Waals surface area (Å²) in [6, 6.07) is 2.42. The molecule has 0 aliphatic heterocycles. The third-order valence-electron chi connectivity index (χ3n) is 2.42. The maximum absolute atomic E-state index is 13.4. The Labute approximate surface area is 122 Å². The fraction of sp³-hybridized carbons (Fsp3) is 0.500. The van der Waals surface area contributed by atoms with Crippen LogP contribution < -0.4 is 4.72 Å². The Bertz CT molecular complexity index is 604. The van der Waals surface area contributed by atoms with Crippen molar-refractivity contribution in [3.63, 3.8) is 0 Å². The molecule has 0 aliphatic rings. The number of nitrogens with one attached hydrogen (secondary N) is 1. The van der Waals surface area contributed by atoms with Crippen LogP contribution in [0.4, 0.5) is 10.1 Å². The van der Waals surface area contributed by atoms with Crippen molar-refractivity contribution in [2.45, 2.75) is 18.7 Å². The lowest BCUT2D eigenvalue weighted by Gasteiger charge is -2.09. The van der Waals surface area contributed by atoms with E-state index in [4.69, 9.17) is 4.74 Å².